The molecule has 3 N–H and O–H groups in total. The van der Waals surface area contributed by atoms with Crippen molar-refractivity contribution in [2.45, 2.75) is 5.41 Å². The summed E-state index contributed by atoms with van der Waals surface area (Å²) in [6.07, 6.45) is 0. The third-order valence-electron chi connectivity index (χ3n) is 3.81. The van der Waals surface area contributed by atoms with Crippen molar-refractivity contribution in [1.29, 1.82) is 0 Å². The monoisotopic (exact) mass is 369 g/mol. The van der Waals surface area contributed by atoms with Gasteiger partial charge >= 0.3 is 0 Å². The van der Waals surface area contributed by atoms with Crippen molar-refractivity contribution in [3.63, 3.8) is 0 Å². The maximum absolute atomic E-state index is 13.6. The van der Waals surface area contributed by atoms with E-state index >= 15 is 0 Å². The Morgan fingerprint density at radius 3 is 2.59 bits per heavy atom. The van der Waals surface area contributed by atoms with E-state index < -0.39 is 35.3 Å². The average molecular weight is 370 g/mol. The molecule has 1 aliphatic rings. The molecule has 0 aromatic heterocycles. The summed E-state index contributed by atoms with van der Waals surface area (Å²) in [6.45, 7) is -0.715. The van der Waals surface area contributed by atoms with Crippen LogP contribution >= 0.6 is 15.9 Å². The molecule has 0 saturated heterocycles. The van der Waals surface area contributed by atoms with E-state index in [9.17, 15) is 23.8 Å². The second kappa shape index (κ2) is 5.03. The van der Waals surface area contributed by atoms with E-state index in [1.807, 2.05) is 0 Å². The topological polar surface area (TPSA) is 69.6 Å². The number of hydrogen-bond donors (Lipinski definition) is 3. The smallest absolute Gasteiger partial charge is 0.242 e. The zero-order valence-corrected chi connectivity index (χ0v) is 12.6. The summed E-state index contributed by atoms with van der Waals surface area (Å²) in [7, 11) is 0. The number of halogens is 3. The molecule has 1 amide bonds. The number of fused-ring (bicyclic) bond motifs is 1. The number of anilines is 1. The summed E-state index contributed by atoms with van der Waals surface area (Å²) in [5.41, 5.74) is -1.12. The molecular weight excluding hydrogens is 360 g/mol. The van der Waals surface area contributed by atoms with Gasteiger partial charge in [-0.15, -0.1) is 0 Å². The van der Waals surface area contributed by atoms with E-state index in [0.29, 0.717) is 21.8 Å². The van der Waals surface area contributed by atoms with Crippen LogP contribution in [0.15, 0.2) is 34.8 Å². The zero-order valence-electron chi connectivity index (χ0n) is 11.0. The molecule has 22 heavy (non-hydrogen) atoms. The van der Waals surface area contributed by atoms with Crippen LogP contribution in [0.25, 0.3) is 0 Å². The molecule has 0 fully saturated rings. The van der Waals surface area contributed by atoms with Gasteiger partial charge in [0.1, 0.15) is 11.2 Å². The molecule has 7 heteroatoms. The second-order valence-corrected chi connectivity index (χ2v) is 5.82. The molecule has 1 atom stereocenters. The van der Waals surface area contributed by atoms with Gasteiger partial charge in [0.25, 0.3) is 0 Å². The lowest BCUT2D eigenvalue weighted by atomic mass is 9.75. The van der Waals surface area contributed by atoms with E-state index in [4.69, 9.17) is 0 Å². The molecule has 114 valence electrons. The van der Waals surface area contributed by atoms with Gasteiger partial charge in [-0.2, -0.15) is 0 Å². The van der Waals surface area contributed by atoms with Crippen molar-refractivity contribution in [3.8, 4) is 5.75 Å². The standard InChI is InChI=1S/C15H10BrF2NO3/c16-8-2-1-3-11-13(8)15(6-20,14(22)19-11)7-4-9(17)10(18)5-12(7)21/h1-5,20-21H,6H2,(H,19,22). The Bertz CT molecular complexity index is 797. The van der Waals surface area contributed by atoms with Crippen LogP contribution in [0.5, 0.6) is 5.75 Å². The number of aliphatic hydroxyl groups excluding tert-OH is 1. The van der Waals surface area contributed by atoms with E-state index in [-0.39, 0.29) is 5.56 Å². The molecule has 0 saturated carbocycles. The normalized spacial score (nSPS) is 19.9. The quantitative estimate of drug-likeness (QED) is 0.762. The minimum atomic E-state index is -1.71. The van der Waals surface area contributed by atoms with Crippen LogP contribution in [0.2, 0.25) is 0 Å². The SMILES string of the molecule is O=C1Nc2cccc(Br)c2C1(CO)c1cc(F)c(F)cc1O. The molecule has 1 heterocycles. The first-order valence-corrected chi connectivity index (χ1v) is 7.11. The van der Waals surface area contributed by atoms with Crippen LogP contribution in [0.4, 0.5) is 14.5 Å². The number of phenols is 1. The van der Waals surface area contributed by atoms with Crippen molar-refractivity contribution in [3.05, 3.63) is 57.6 Å². The molecular formula is C15H10BrF2NO3. The number of carbonyl (C=O) groups excluding carboxylic acids is 1. The number of carbonyl (C=O) groups is 1. The van der Waals surface area contributed by atoms with Crippen molar-refractivity contribution in [2.75, 3.05) is 11.9 Å². The van der Waals surface area contributed by atoms with Crippen molar-refractivity contribution in [2.24, 2.45) is 0 Å². The highest BCUT2D eigenvalue weighted by Crippen LogP contribution is 2.48. The van der Waals surface area contributed by atoms with Gasteiger partial charge in [0, 0.05) is 27.4 Å². The summed E-state index contributed by atoms with van der Waals surface area (Å²) in [5, 5.41) is 22.5. The largest absolute Gasteiger partial charge is 0.508 e. The fraction of sp³-hybridized carbons (Fsp3) is 0.133. The Morgan fingerprint density at radius 1 is 1.23 bits per heavy atom. The van der Waals surface area contributed by atoms with Crippen molar-refractivity contribution >= 4 is 27.5 Å². The zero-order chi connectivity index (χ0) is 16.1. The lowest BCUT2D eigenvalue weighted by Gasteiger charge is -2.27. The predicted molar refractivity (Wildman–Crippen MR) is 78.7 cm³/mol. The third kappa shape index (κ3) is 1.85. The van der Waals surface area contributed by atoms with Gasteiger partial charge < -0.3 is 15.5 Å². The Labute approximate surface area is 132 Å². The fourth-order valence-electron chi connectivity index (χ4n) is 2.78. The van der Waals surface area contributed by atoms with E-state index in [2.05, 4.69) is 21.2 Å². The van der Waals surface area contributed by atoms with Gasteiger partial charge in [-0.1, -0.05) is 22.0 Å². The molecule has 1 unspecified atom stereocenters. The maximum atomic E-state index is 13.6. The predicted octanol–water partition coefficient (Wildman–Crippen LogP) is 2.66. The molecule has 2 aromatic carbocycles. The minimum Gasteiger partial charge on any atom is -0.508 e. The minimum absolute atomic E-state index is 0.197. The fourth-order valence-corrected chi connectivity index (χ4v) is 3.48. The van der Waals surface area contributed by atoms with Gasteiger partial charge in [-0.3, -0.25) is 4.79 Å². The van der Waals surface area contributed by atoms with Crippen molar-refractivity contribution in [1.82, 2.24) is 0 Å². The summed E-state index contributed by atoms with van der Waals surface area (Å²) in [5.74, 6) is -3.68. The number of aromatic hydroxyl groups is 1. The maximum Gasteiger partial charge on any atom is 0.242 e. The number of rotatable bonds is 2. The molecule has 1 aliphatic heterocycles. The van der Waals surface area contributed by atoms with E-state index in [1.54, 1.807) is 18.2 Å². The van der Waals surface area contributed by atoms with Gasteiger partial charge in [0.2, 0.25) is 5.91 Å². The molecule has 0 aliphatic carbocycles. The lowest BCUT2D eigenvalue weighted by Crippen LogP contribution is -2.39. The number of phenolic OH excluding ortho intramolecular Hbond substituents is 1. The Kier molecular flexibility index (Phi) is 3.41. The number of benzene rings is 2. The van der Waals surface area contributed by atoms with Crippen LogP contribution in [0.1, 0.15) is 11.1 Å². The van der Waals surface area contributed by atoms with Gasteiger partial charge in [-0.25, -0.2) is 8.78 Å². The highest BCUT2D eigenvalue weighted by Gasteiger charge is 2.51. The van der Waals surface area contributed by atoms with Crippen LogP contribution in [0.3, 0.4) is 0 Å². The van der Waals surface area contributed by atoms with Gasteiger partial charge in [-0.05, 0) is 18.2 Å². The molecule has 0 spiro atoms. The molecule has 0 bridgehead atoms. The molecule has 2 aromatic rings. The van der Waals surface area contributed by atoms with Crippen LogP contribution < -0.4 is 5.32 Å². The van der Waals surface area contributed by atoms with E-state index in [0.717, 1.165) is 6.07 Å². The number of hydrogen-bond acceptors (Lipinski definition) is 3. The summed E-state index contributed by atoms with van der Waals surface area (Å²) in [6, 6.07) is 6.27. The number of amides is 1. The first-order valence-electron chi connectivity index (χ1n) is 6.31. The highest BCUT2D eigenvalue weighted by molar-refractivity contribution is 9.10. The summed E-state index contributed by atoms with van der Waals surface area (Å²) in [4.78, 5) is 12.5. The first kappa shape index (κ1) is 14.9. The highest BCUT2D eigenvalue weighted by atomic mass is 79.9. The van der Waals surface area contributed by atoms with Crippen LogP contribution in [0, 0.1) is 11.6 Å². The molecule has 0 radical (unpaired) electrons. The van der Waals surface area contributed by atoms with Gasteiger partial charge in [0.15, 0.2) is 11.6 Å². The van der Waals surface area contributed by atoms with Crippen molar-refractivity contribution < 1.29 is 23.8 Å². The summed E-state index contributed by atoms with van der Waals surface area (Å²) < 4.78 is 27.4. The first-order chi connectivity index (χ1) is 10.4. The second-order valence-electron chi connectivity index (χ2n) is 4.96. The lowest BCUT2D eigenvalue weighted by molar-refractivity contribution is -0.120. The Hall–Kier alpha value is -1.99. The molecule has 3 rings (SSSR count). The average Bonchev–Trinajstić information content (AvgIpc) is 2.76. The number of nitrogens with one attached hydrogen (secondary N) is 1. The number of aliphatic hydroxyl groups is 1. The van der Waals surface area contributed by atoms with Crippen LogP contribution in [-0.4, -0.2) is 22.7 Å². The Balaban J connectivity index is 2.37. The van der Waals surface area contributed by atoms with E-state index in [1.165, 1.54) is 0 Å². The third-order valence-corrected chi connectivity index (χ3v) is 4.47. The van der Waals surface area contributed by atoms with Gasteiger partial charge in [0.05, 0.1) is 6.61 Å². The summed E-state index contributed by atoms with van der Waals surface area (Å²) >= 11 is 3.29. The molecule has 4 nitrogen and oxygen atoms in total. The Morgan fingerprint density at radius 2 is 1.91 bits per heavy atom. The van der Waals surface area contributed by atoms with Crippen LogP contribution in [-0.2, 0) is 10.2 Å².